The third kappa shape index (κ3) is 3.15. The van der Waals surface area contributed by atoms with Crippen molar-refractivity contribution >= 4 is 0 Å². The molecule has 94 valence electrons. The highest BCUT2D eigenvalue weighted by Gasteiger charge is 2.20. The van der Waals surface area contributed by atoms with Gasteiger partial charge in [-0.1, -0.05) is 6.07 Å². The molecule has 2 rings (SSSR count). The number of rotatable bonds is 4. The summed E-state index contributed by atoms with van der Waals surface area (Å²) in [5, 5.41) is 0. The van der Waals surface area contributed by atoms with E-state index in [1.165, 1.54) is 0 Å². The van der Waals surface area contributed by atoms with Crippen LogP contribution in [0.4, 0.5) is 0 Å². The van der Waals surface area contributed by atoms with E-state index >= 15 is 0 Å². The largest absolute Gasteiger partial charge is 0.481 e. The van der Waals surface area contributed by atoms with E-state index in [9.17, 15) is 0 Å². The standard InChI is InChI=1S/C12H19N3O2/c1-16-12-10(3-2-4-14-12)8-15-5-6-17-11(7-13)9-15/h2-4,11H,5-9,13H2,1H3. The Hall–Kier alpha value is -1.17. The summed E-state index contributed by atoms with van der Waals surface area (Å²) in [7, 11) is 1.65. The normalized spacial score (nSPS) is 21.4. The van der Waals surface area contributed by atoms with E-state index in [4.69, 9.17) is 15.2 Å². The quantitative estimate of drug-likeness (QED) is 0.813. The van der Waals surface area contributed by atoms with Crippen molar-refractivity contribution in [1.29, 1.82) is 0 Å². The van der Waals surface area contributed by atoms with Gasteiger partial charge in [-0.2, -0.15) is 0 Å². The maximum absolute atomic E-state index is 5.63. The van der Waals surface area contributed by atoms with Crippen molar-refractivity contribution in [2.75, 3.05) is 33.4 Å². The van der Waals surface area contributed by atoms with Gasteiger partial charge in [-0.3, -0.25) is 4.90 Å². The molecule has 0 bridgehead atoms. The topological polar surface area (TPSA) is 60.6 Å². The van der Waals surface area contributed by atoms with Gasteiger partial charge in [-0.15, -0.1) is 0 Å². The summed E-state index contributed by atoms with van der Waals surface area (Å²) in [4.78, 5) is 6.52. The van der Waals surface area contributed by atoms with Crippen molar-refractivity contribution in [3.63, 3.8) is 0 Å². The van der Waals surface area contributed by atoms with Crippen LogP contribution in [0.5, 0.6) is 5.88 Å². The van der Waals surface area contributed by atoms with Crippen LogP contribution in [0.2, 0.25) is 0 Å². The Balaban J connectivity index is 2.00. The maximum Gasteiger partial charge on any atom is 0.217 e. The van der Waals surface area contributed by atoms with Crippen molar-refractivity contribution in [2.45, 2.75) is 12.6 Å². The molecule has 1 aliphatic heterocycles. The van der Waals surface area contributed by atoms with Crippen LogP contribution in [0.3, 0.4) is 0 Å². The molecule has 1 unspecified atom stereocenters. The van der Waals surface area contributed by atoms with Gasteiger partial charge in [-0.05, 0) is 6.07 Å². The van der Waals surface area contributed by atoms with Crippen molar-refractivity contribution in [2.24, 2.45) is 5.73 Å². The lowest BCUT2D eigenvalue weighted by molar-refractivity contribution is -0.0262. The first kappa shape index (κ1) is 12.3. The number of nitrogens with two attached hydrogens (primary N) is 1. The number of ether oxygens (including phenoxy) is 2. The second kappa shape index (κ2) is 5.95. The molecule has 1 fully saturated rings. The predicted octanol–water partition coefficient (Wildman–Crippen LogP) is 0.250. The summed E-state index contributed by atoms with van der Waals surface area (Å²) in [6.07, 6.45) is 1.89. The number of nitrogens with zero attached hydrogens (tertiary/aromatic N) is 2. The molecule has 17 heavy (non-hydrogen) atoms. The van der Waals surface area contributed by atoms with Crippen LogP contribution in [-0.4, -0.2) is 49.3 Å². The lowest BCUT2D eigenvalue weighted by atomic mass is 10.2. The molecular weight excluding hydrogens is 218 g/mol. The highest BCUT2D eigenvalue weighted by atomic mass is 16.5. The molecule has 2 N–H and O–H groups in total. The van der Waals surface area contributed by atoms with Gasteiger partial charge in [0.1, 0.15) is 0 Å². The number of methoxy groups -OCH3 is 1. The molecule has 1 aromatic rings. The molecule has 0 aromatic carbocycles. The van der Waals surface area contributed by atoms with Gasteiger partial charge < -0.3 is 15.2 Å². The van der Waals surface area contributed by atoms with E-state index in [1.54, 1.807) is 13.3 Å². The minimum Gasteiger partial charge on any atom is -0.481 e. The Labute approximate surface area is 102 Å². The Bertz CT molecular complexity index is 359. The second-order valence-corrected chi connectivity index (χ2v) is 4.14. The van der Waals surface area contributed by atoms with Crippen molar-refractivity contribution in [3.05, 3.63) is 23.9 Å². The molecule has 5 heteroatoms. The summed E-state index contributed by atoms with van der Waals surface area (Å²) in [5.41, 5.74) is 6.73. The fraction of sp³-hybridized carbons (Fsp3) is 0.583. The Morgan fingerprint density at radius 1 is 1.65 bits per heavy atom. The SMILES string of the molecule is COc1ncccc1CN1CCOC(CN)C1. The summed E-state index contributed by atoms with van der Waals surface area (Å²) in [6, 6.07) is 3.97. The minimum atomic E-state index is 0.145. The summed E-state index contributed by atoms with van der Waals surface area (Å²) in [5.74, 6) is 0.697. The molecule has 2 heterocycles. The third-order valence-corrected chi connectivity index (χ3v) is 2.92. The van der Waals surface area contributed by atoms with Gasteiger partial charge in [0.15, 0.2) is 0 Å². The Morgan fingerprint density at radius 3 is 3.29 bits per heavy atom. The molecule has 0 aliphatic carbocycles. The molecule has 1 saturated heterocycles. The van der Waals surface area contributed by atoms with Crippen molar-refractivity contribution in [1.82, 2.24) is 9.88 Å². The fourth-order valence-electron chi connectivity index (χ4n) is 2.04. The first-order chi connectivity index (χ1) is 8.33. The Kier molecular flexibility index (Phi) is 4.30. The first-order valence-electron chi connectivity index (χ1n) is 5.85. The summed E-state index contributed by atoms with van der Waals surface area (Å²) >= 11 is 0. The molecule has 0 radical (unpaired) electrons. The molecule has 1 aliphatic rings. The molecule has 1 atom stereocenters. The smallest absolute Gasteiger partial charge is 0.217 e. The molecule has 5 nitrogen and oxygen atoms in total. The van der Waals surface area contributed by atoms with E-state index < -0.39 is 0 Å². The lowest BCUT2D eigenvalue weighted by Gasteiger charge is -2.32. The highest BCUT2D eigenvalue weighted by Crippen LogP contribution is 2.17. The highest BCUT2D eigenvalue weighted by molar-refractivity contribution is 5.25. The van der Waals surface area contributed by atoms with Gasteiger partial charge in [-0.25, -0.2) is 4.98 Å². The molecule has 0 amide bonds. The van der Waals surface area contributed by atoms with Gasteiger partial charge in [0.25, 0.3) is 0 Å². The fourth-order valence-corrected chi connectivity index (χ4v) is 2.04. The van der Waals surface area contributed by atoms with Crippen molar-refractivity contribution < 1.29 is 9.47 Å². The number of hydrogen-bond donors (Lipinski definition) is 1. The molecule has 1 aromatic heterocycles. The molecular formula is C12H19N3O2. The van der Waals surface area contributed by atoms with Gasteiger partial charge in [0.2, 0.25) is 5.88 Å². The van der Waals surface area contributed by atoms with Gasteiger partial charge in [0, 0.05) is 37.9 Å². The van der Waals surface area contributed by atoms with Crippen LogP contribution in [0.15, 0.2) is 18.3 Å². The number of aromatic nitrogens is 1. The number of pyridine rings is 1. The maximum atomic E-state index is 5.63. The zero-order chi connectivity index (χ0) is 12.1. The van der Waals surface area contributed by atoms with Crippen LogP contribution in [-0.2, 0) is 11.3 Å². The monoisotopic (exact) mass is 237 g/mol. The molecule has 0 spiro atoms. The zero-order valence-corrected chi connectivity index (χ0v) is 10.1. The van der Waals surface area contributed by atoms with E-state index in [0.717, 1.165) is 31.8 Å². The Morgan fingerprint density at radius 2 is 2.53 bits per heavy atom. The third-order valence-electron chi connectivity index (χ3n) is 2.92. The summed E-state index contributed by atoms with van der Waals surface area (Å²) < 4.78 is 10.8. The average Bonchev–Trinajstić information content (AvgIpc) is 2.39. The van der Waals surface area contributed by atoms with Crippen LogP contribution in [0.25, 0.3) is 0 Å². The van der Waals surface area contributed by atoms with E-state index in [-0.39, 0.29) is 6.10 Å². The number of morpholine rings is 1. The van der Waals surface area contributed by atoms with Crippen LogP contribution >= 0.6 is 0 Å². The van der Waals surface area contributed by atoms with Gasteiger partial charge >= 0.3 is 0 Å². The second-order valence-electron chi connectivity index (χ2n) is 4.14. The molecule has 0 saturated carbocycles. The first-order valence-corrected chi connectivity index (χ1v) is 5.85. The van der Waals surface area contributed by atoms with Crippen LogP contribution in [0.1, 0.15) is 5.56 Å². The number of hydrogen-bond acceptors (Lipinski definition) is 5. The predicted molar refractivity (Wildman–Crippen MR) is 64.9 cm³/mol. The van der Waals surface area contributed by atoms with Crippen molar-refractivity contribution in [3.8, 4) is 5.88 Å². The van der Waals surface area contributed by atoms with E-state index in [2.05, 4.69) is 9.88 Å². The summed E-state index contributed by atoms with van der Waals surface area (Å²) in [6.45, 7) is 3.94. The van der Waals surface area contributed by atoms with Gasteiger partial charge in [0.05, 0.1) is 19.8 Å². The van der Waals surface area contributed by atoms with Crippen LogP contribution < -0.4 is 10.5 Å². The average molecular weight is 237 g/mol. The zero-order valence-electron chi connectivity index (χ0n) is 10.1. The van der Waals surface area contributed by atoms with Crippen LogP contribution in [0, 0.1) is 0 Å². The van der Waals surface area contributed by atoms with E-state index in [1.807, 2.05) is 12.1 Å². The lowest BCUT2D eigenvalue weighted by Crippen LogP contribution is -2.45. The minimum absolute atomic E-state index is 0.145. The van der Waals surface area contributed by atoms with E-state index in [0.29, 0.717) is 12.4 Å².